The first-order valence-corrected chi connectivity index (χ1v) is 6.86. The van der Waals surface area contributed by atoms with E-state index in [0.717, 1.165) is 18.2 Å². The van der Waals surface area contributed by atoms with Crippen LogP contribution in [0, 0.1) is 0 Å². The first-order valence-electron chi connectivity index (χ1n) is 6.86. The molecule has 2 nitrogen and oxygen atoms in total. The molecule has 2 atom stereocenters. The summed E-state index contributed by atoms with van der Waals surface area (Å²) in [4.78, 5) is 2.57. The average Bonchev–Trinajstić information content (AvgIpc) is 2.61. The van der Waals surface area contributed by atoms with Gasteiger partial charge in [0.1, 0.15) is 5.75 Å². The summed E-state index contributed by atoms with van der Waals surface area (Å²) in [6.45, 7) is 6.10. The van der Waals surface area contributed by atoms with Crippen LogP contribution in [0.15, 0.2) is 30.9 Å². The lowest BCUT2D eigenvalue weighted by Gasteiger charge is -2.27. The first kappa shape index (κ1) is 11.8. The average molecular weight is 243 g/mol. The number of ether oxygens (including phenoxy) is 1. The van der Waals surface area contributed by atoms with Gasteiger partial charge in [-0.3, -0.25) is 4.90 Å². The lowest BCUT2D eigenvalue weighted by molar-refractivity contribution is 0.230. The van der Waals surface area contributed by atoms with E-state index in [0.29, 0.717) is 6.04 Å². The molecule has 2 aliphatic rings. The molecule has 2 bridgehead atoms. The second kappa shape index (κ2) is 4.77. The molecule has 1 aromatic carbocycles. The van der Waals surface area contributed by atoms with Crippen molar-refractivity contribution in [3.05, 3.63) is 42.0 Å². The fraction of sp³-hybridized carbons (Fsp3) is 0.500. The Hall–Kier alpha value is -1.28. The lowest BCUT2D eigenvalue weighted by atomic mass is 9.96. The molecule has 0 spiro atoms. The van der Waals surface area contributed by atoms with Crippen LogP contribution < -0.4 is 4.74 Å². The van der Waals surface area contributed by atoms with Gasteiger partial charge in [0, 0.05) is 12.6 Å². The predicted molar refractivity (Wildman–Crippen MR) is 74.1 cm³/mol. The molecule has 0 amide bonds. The Kier molecular flexibility index (Phi) is 3.13. The summed E-state index contributed by atoms with van der Waals surface area (Å²) in [5.41, 5.74) is 3.04. The normalized spacial score (nSPS) is 26.5. The highest BCUT2D eigenvalue weighted by molar-refractivity contribution is 5.43. The Morgan fingerprint density at radius 2 is 2.33 bits per heavy atom. The summed E-state index contributed by atoms with van der Waals surface area (Å²) in [7, 11) is 1.75. The van der Waals surface area contributed by atoms with E-state index >= 15 is 0 Å². The number of nitrogens with zero attached hydrogens (tertiary/aromatic N) is 1. The van der Waals surface area contributed by atoms with Crippen LogP contribution in [-0.4, -0.2) is 25.1 Å². The van der Waals surface area contributed by atoms with Crippen molar-refractivity contribution in [1.82, 2.24) is 4.90 Å². The minimum absolute atomic E-state index is 0.594. The van der Waals surface area contributed by atoms with Crippen molar-refractivity contribution >= 4 is 0 Å². The minimum Gasteiger partial charge on any atom is -0.497 e. The van der Waals surface area contributed by atoms with Gasteiger partial charge in [0.05, 0.1) is 7.11 Å². The van der Waals surface area contributed by atoms with Crippen molar-refractivity contribution in [1.29, 1.82) is 0 Å². The second-order valence-corrected chi connectivity index (χ2v) is 5.37. The fourth-order valence-corrected chi connectivity index (χ4v) is 3.56. The van der Waals surface area contributed by atoms with Crippen molar-refractivity contribution in [2.75, 3.05) is 20.2 Å². The molecule has 1 heterocycles. The maximum Gasteiger partial charge on any atom is 0.119 e. The van der Waals surface area contributed by atoms with Crippen LogP contribution in [-0.2, 0) is 0 Å². The smallest absolute Gasteiger partial charge is 0.119 e. The molecular weight excluding hydrogens is 222 g/mol. The van der Waals surface area contributed by atoms with Gasteiger partial charge in [-0.05, 0) is 55.0 Å². The van der Waals surface area contributed by atoms with Gasteiger partial charge in [-0.1, -0.05) is 12.1 Å². The Balaban J connectivity index is 1.98. The van der Waals surface area contributed by atoms with E-state index < -0.39 is 0 Å². The van der Waals surface area contributed by atoms with E-state index in [2.05, 4.69) is 29.7 Å². The summed E-state index contributed by atoms with van der Waals surface area (Å²) in [6, 6.07) is 7.20. The van der Waals surface area contributed by atoms with Gasteiger partial charge < -0.3 is 4.74 Å². The monoisotopic (exact) mass is 243 g/mol. The molecule has 1 fully saturated rings. The Bertz CT molecular complexity index is 454. The number of hydrogen-bond acceptors (Lipinski definition) is 2. The van der Waals surface area contributed by atoms with E-state index in [9.17, 15) is 0 Å². The van der Waals surface area contributed by atoms with Crippen molar-refractivity contribution < 1.29 is 4.74 Å². The Morgan fingerprint density at radius 1 is 1.44 bits per heavy atom. The molecule has 0 saturated carbocycles. The molecule has 0 aromatic heterocycles. The van der Waals surface area contributed by atoms with Gasteiger partial charge in [-0.15, -0.1) is 6.58 Å². The van der Waals surface area contributed by atoms with Crippen LogP contribution in [0.5, 0.6) is 5.75 Å². The van der Waals surface area contributed by atoms with Crippen molar-refractivity contribution in [3.63, 3.8) is 0 Å². The second-order valence-electron chi connectivity index (χ2n) is 5.37. The maximum atomic E-state index is 5.36. The van der Waals surface area contributed by atoms with Crippen molar-refractivity contribution in [2.45, 2.75) is 31.2 Å². The van der Waals surface area contributed by atoms with Crippen LogP contribution >= 0.6 is 0 Å². The zero-order chi connectivity index (χ0) is 12.5. The molecule has 1 aliphatic carbocycles. The molecule has 18 heavy (non-hydrogen) atoms. The summed E-state index contributed by atoms with van der Waals surface area (Å²) in [6.07, 6.45) is 5.91. The van der Waals surface area contributed by atoms with Crippen LogP contribution in [0.4, 0.5) is 0 Å². The molecule has 0 unspecified atom stereocenters. The van der Waals surface area contributed by atoms with Gasteiger partial charge in [0.2, 0.25) is 0 Å². The highest BCUT2D eigenvalue weighted by Gasteiger charge is 2.36. The third-order valence-corrected chi connectivity index (χ3v) is 4.40. The third kappa shape index (κ3) is 1.85. The van der Waals surface area contributed by atoms with Crippen molar-refractivity contribution in [2.24, 2.45) is 0 Å². The molecule has 0 N–H and O–H groups in total. The zero-order valence-electron chi connectivity index (χ0n) is 11.1. The summed E-state index contributed by atoms with van der Waals surface area (Å²) in [5.74, 6) is 1.73. The zero-order valence-corrected chi connectivity index (χ0v) is 11.1. The van der Waals surface area contributed by atoms with Gasteiger partial charge >= 0.3 is 0 Å². The van der Waals surface area contributed by atoms with Crippen LogP contribution in [0.3, 0.4) is 0 Å². The minimum atomic E-state index is 0.594. The van der Waals surface area contributed by atoms with E-state index in [-0.39, 0.29) is 0 Å². The molecule has 96 valence electrons. The number of likely N-dealkylation sites (tertiary alicyclic amines) is 1. The van der Waals surface area contributed by atoms with E-state index in [1.807, 2.05) is 6.08 Å². The number of benzene rings is 1. The Morgan fingerprint density at radius 3 is 3.11 bits per heavy atom. The van der Waals surface area contributed by atoms with E-state index in [1.54, 1.807) is 7.11 Å². The number of rotatable bonds is 3. The quantitative estimate of drug-likeness (QED) is 0.753. The van der Waals surface area contributed by atoms with Gasteiger partial charge in [0.25, 0.3) is 0 Å². The number of fused-ring (bicyclic) bond motifs is 5. The molecule has 0 radical (unpaired) electrons. The van der Waals surface area contributed by atoms with Gasteiger partial charge in [-0.25, -0.2) is 0 Å². The maximum absolute atomic E-state index is 5.36. The third-order valence-electron chi connectivity index (χ3n) is 4.40. The molecule has 1 aliphatic heterocycles. The molecule has 2 heteroatoms. The van der Waals surface area contributed by atoms with Crippen LogP contribution in [0.1, 0.15) is 42.3 Å². The van der Waals surface area contributed by atoms with Gasteiger partial charge in [-0.2, -0.15) is 0 Å². The first-order chi connectivity index (χ1) is 8.83. The largest absolute Gasteiger partial charge is 0.497 e. The fourth-order valence-electron chi connectivity index (χ4n) is 3.56. The summed E-state index contributed by atoms with van der Waals surface area (Å²) in [5, 5.41) is 0. The highest BCUT2D eigenvalue weighted by atomic mass is 16.5. The van der Waals surface area contributed by atoms with Crippen LogP contribution in [0.2, 0.25) is 0 Å². The molecule has 1 aromatic rings. The van der Waals surface area contributed by atoms with E-state index in [1.165, 1.54) is 36.9 Å². The molecule has 1 saturated heterocycles. The Labute approximate surface area is 109 Å². The van der Waals surface area contributed by atoms with Crippen molar-refractivity contribution in [3.8, 4) is 5.75 Å². The standard InChI is InChI=1S/C16H21NO/c1-3-8-17-9-4-5-12-10-16(17)14-7-6-13(18-2)11-15(12)14/h3,6-7,11-12,16H,1,4-5,8-10H2,2H3/t12-,16-/m0/s1. The summed E-state index contributed by atoms with van der Waals surface area (Å²) < 4.78 is 5.36. The molecular formula is C16H21NO. The highest BCUT2D eigenvalue weighted by Crippen LogP contribution is 2.48. The summed E-state index contributed by atoms with van der Waals surface area (Å²) >= 11 is 0. The topological polar surface area (TPSA) is 12.5 Å². The SMILES string of the molecule is C=CCN1CCC[C@H]2C[C@H]1c1ccc(OC)cc12. The number of methoxy groups -OCH3 is 1. The predicted octanol–water partition coefficient (Wildman–Crippen LogP) is 3.51. The van der Waals surface area contributed by atoms with E-state index in [4.69, 9.17) is 4.74 Å². The number of hydrogen-bond donors (Lipinski definition) is 0. The van der Waals surface area contributed by atoms with Crippen LogP contribution in [0.25, 0.3) is 0 Å². The lowest BCUT2D eigenvalue weighted by Crippen LogP contribution is -2.28. The van der Waals surface area contributed by atoms with Gasteiger partial charge in [0.15, 0.2) is 0 Å². The molecule has 3 rings (SSSR count).